The fraction of sp³-hybridized carbons (Fsp3) is 0.522. The lowest BCUT2D eigenvalue weighted by atomic mass is 10.1. The van der Waals surface area contributed by atoms with E-state index in [9.17, 15) is 0 Å². The quantitative estimate of drug-likeness (QED) is 0.641. The van der Waals surface area contributed by atoms with Gasteiger partial charge in [0.05, 0.1) is 18.3 Å². The molecule has 2 fully saturated rings. The van der Waals surface area contributed by atoms with Gasteiger partial charge in [-0.25, -0.2) is 15.0 Å². The first-order valence-corrected chi connectivity index (χ1v) is 11.1. The van der Waals surface area contributed by atoms with Gasteiger partial charge in [0.1, 0.15) is 17.9 Å². The Bertz CT molecular complexity index is 1000. The first-order chi connectivity index (χ1) is 14.7. The Morgan fingerprint density at radius 1 is 0.933 bits per heavy atom. The van der Waals surface area contributed by atoms with E-state index in [0.717, 1.165) is 68.8 Å². The fourth-order valence-electron chi connectivity index (χ4n) is 4.43. The van der Waals surface area contributed by atoms with Crippen LogP contribution in [0, 0.1) is 0 Å². The van der Waals surface area contributed by atoms with Crippen LogP contribution in [0.5, 0.6) is 0 Å². The van der Waals surface area contributed by atoms with Gasteiger partial charge >= 0.3 is 0 Å². The van der Waals surface area contributed by atoms with Gasteiger partial charge in [-0.05, 0) is 31.0 Å². The highest BCUT2D eigenvalue weighted by molar-refractivity contribution is 5.92. The maximum atomic E-state index is 5.88. The van der Waals surface area contributed by atoms with Crippen molar-refractivity contribution >= 4 is 22.4 Å². The molecule has 7 heteroatoms. The molecule has 1 aromatic carbocycles. The van der Waals surface area contributed by atoms with Crippen molar-refractivity contribution in [3.8, 4) is 0 Å². The molecule has 2 aliphatic rings. The van der Waals surface area contributed by atoms with Crippen LogP contribution in [-0.4, -0.2) is 59.1 Å². The Kier molecular flexibility index (Phi) is 5.29. The normalized spacial score (nSPS) is 18.1. The molecule has 0 unspecified atom stereocenters. The maximum Gasteiger partial charge on any atom is 0.208 e. The van der Waals surface area contributed by atoms with Crippen LogP contribution in [0.2, 0.25) is 0 Å². The maximum absolute atomic E-state index is 5.88. The molecule has 0 saturated carbocycles. The van der Waals surface area contributed by atoms with E-state index in [1.807, 2.05) is 6.20 Å². The van der Waals surface area contributed by atoms with E-state index in [4.69, 9.17) is 4.42 Å². The second kappa shape index (κ2) is 8.22. The number of nitrogens with zero attached hydrogens (tertiary/aromatic N) is 6. The number of piperazine rings is 1. The summed E-state index contributed by atoms with van der Waals surface area (Å²) in [7, 11) is 0. The molecule has 2 saturated heterocycles. The topological polar surface area (TPSA) is 61.5 Å². The number of anilines is 2. The van der Waals surface area contributed by atoms with Gasteiger partial charge in [-0.2, -0.15) is 0 Å². The van der Waals surface area contributed by atoms with E-state index in [0.29, 0.717) is 5.92 Å². The van der Waals surface area contributed by atoms with Gasteiger partial charge in [-0.15, -0.1) is 0 Å². The molecule has 4 heterocycles. The minimum atomic E-state index is 0.380. The van der Waals surface area contributed by atoms with Crippen molar-refractivity contribution in [3.63, 3.8) is 0 Å². The van der Waals surface area contributed by atoms with Crippen molar-refractivity contribution in [2.24, 2.45) is 0 Å². The summed E-state index contributed by atoms with van der Waals surface area (Å²) < 4.78 is 5.88. The van der Waals surface area contributed by atoms with Crippen LogP contribution in [-0.2, 0) is 6.54 Å². The Morgan fingerprint density at radius 2 is 1.73 bits per heavy atom. The van der Waals surface area contributed by atoms with Gasteiger partial charge in [0.2, 0.25) is 5.89 Å². The van der Waals surface area contributed by atoms with E-state index >= 15 is 0 Å². The second-order valence-corrected chi connectivity index (χ2v) is 8.67. The minimum Gasteiger partial charge on any atom is -0.444 e. The summed E-state index contributed by atoms with van der Waals surface area (Å²) in [6, 6.07) is 6.61. The van der Waals surface area contributed by atoms with Crippen molar-refractivity contribution in [1.29, 1.82) is 0 Å². The van der Waals surface area contributed by atoms with E-state index in [-0.39, 0.29) is 0 Å². The van der Waals surface area contributed by atoms with Gasteiger partial charge in [-0.3, -0.25) is 4.90 Å². The zero-order valence-electron chi connectivity index (χ0n) is 17.9. The van der Waals surface area contributed by atoms with Crippen molar-refractivity contribution in [1.82, 2.24) is 19.9 Å². The Balaban J connectivity index is 1.28. The van der Waals surface area contributed by atoms with E-state index in [1.165, 1.54) is 23.9 Å². The van der Waals surface area contributed by atoms with Gasteiger partial charge in [0.25, 0.3) is 0 Å². The molecule has 158 valence electrons. The van der Waals surface area contributed by atoms with Gasteiger partial charge in [0, 0.05) is 56.3 Å². The highest BCUT2D eigenvalue weighted by Gasteiger charge is 2.21. The Labute approximate surface area is 177 Å². The van der Waals surface area contributed by atoms with E-state index in [2.05, 4.69) is 61.7 Å². The first-order valence-electron chi connectivity index (χ1n) is 11.1. The first kappa shape index (κ1) is 19.3. The van der Waals surface area contributed by atoms with Gasteiger partial charge in [0.15, 0.2) is 0 Å². The minimum absolute atomic E-state index is 0.380. The molecular weight excluding hydrogens is 376 g/mol. The van der Waals surface area contributed by atoms with Crippen molar-refractivity contribution in [2.75, 3.05) is 49.1 Å². The summed E-state index contributed by atoms with van der Waals surface area (Å²) in [4.78, 5) is 20.8. The lowest BCUT2D eigenvalue weighted by Crippen LogP contribution is -2.46. The standard InChI is InChI=1S/C23H30N6O/c1-17(2)21-14-24-22(30-21)15-27-9-11-28(12-10-27)18-5-6-20-19(13-18)23(26-16-25-20)29-7-3-4-8-29/h5-6,13-14,16-17H,3-4,7-12,15H2,1-2H3. The van der Waals surface area contributed by atoms with Crippen LogP contribution in [0.3, 0.4) is 0 Å². The summed E-state index contributed by atoms with van der Waals surface area (Å²) in [5.74, 6) is 3.26. The molecule has 0 amide bonds. The smallest absolute Gasteiger partial charge is 0.208 e. The average molecular weight is 407 g/mol. The molecule has 3 aromatic rings. The molecule has 0 N–H and O–H groups in total. The van der Waals surface area contributed by atoms with Gasteiger partial charge < -0.3 is 14.2 Å². The molecule has 30 heavy (non-hydrogen) atoms. The number of rotatable bonds is 5. The molecule has 5 rings (SSSR count). The Hall–Kier alpha value is -2.67. The van der Waals surface area contributed by atoms with Crippen LogP contribution >= 0.6 is 0 Å². The molecule has 2 aliphatic heterocycles. The summed E-state index contributed by atoms with van der Waals surface area (Å²) >= 11 is 0. The lowest BCUT2D eigenvalue weighted by Gasteiger charge is -2.35. The van der Waals surface area contributed by atoms with Gasteiger partial charge in [-0.1, -0.05) is 13.8 Å². The van der Waals surface area contributed by atoms with Crippen LogP contribution in [0.4, 0.5) is 11.5 Å². The van der Waals surface area contributed by atoms with Crippen molar-refractivity contribution in [3.05, 3.63) is 42.4 Å². The summed E-state index contributed by atoms with van der Waals surface area (Å²) in [6.07, 6.45) is 6.06. The fourth-order valence-corrected chi connectivity index (χ4v) is 4.43. The van der Waals surface area contributed by atoms with E-state index < -0.39 is 0 Å². The predicted molar refractivity (Wildman–Crippen MR) is 119 cm³/mol. The van der Waals surface area contributed by atoms with Crippen molar-refractivity contribution < 1.29 is 4.42 Å². The molecule has 0 aliphatic carbocycles. The summed E-state index contributed by atoms with van der Waals surface area (Å²) in [6.45, 7) is 11.2. The highest BCUT2D eigenvalue weighted by Crippen LogP contribution is 2.30. The van der Waals surface area contributed by atoms with Crippen LogP contribution < -0.4 is 9.80 Å². The molecule has 2 aromatic heterocycles. The highest BCUT2D eigenvalue weighted by atomic mass is 16.4. The number of benzene rings is 1. The van der Waals surface area contributed by atoms with Crippen molar-refractivity contribution in [2.45, 2.75) is 39.2 Å². The molecule has 0 radical (unpaired) electrons. The summed E-state index contributed by atoms with van der Waals surface area (Å²) in [5, 5.41) is 1.17. The third-order valence-corrected chi connectivity index (χ3v) is 6.24. The molecule has 7 nitrogen and oxygen atoms in total. The zero-order chi connectivity index (χ0) is 20.5. The monoisotopic (exact) mass is 406 g/mol. The van der Waals surface area contributed by atoms with Crippen LogP contribution in [0.15, 0.2) is 35.1 Å². The third kappa shape index (κ3) is 3.86. The van der Waals surface area contributed by atoms with Crippen LogP contribution in [0.25, 0.3) is 10.9 Å². The second-order valence-electron chi connectivity index (χ2n) is 8.67. The third-order valence-electron chi connectivity index (χ3n) is 6.24. The largest absolute Gasteiger partial charge is 0.444 e. The number of oxazole rings is 1. The number of hydrogen-bond donors (Lipinski definition) is 0. The molecule has 0 atom stereocenters. The molecule has 0 bridgehead atoms. The number of aromatic nitrogens is 3. The number of fused-ring (bicyclic) bond motifs is 1. The van der Waals surface area contributed by atoms with Crippen LogP contribution in [0.1, 0.15) is 44.3 Å². The number of hydrogen-bond acceptors (Lipinski definition) is 7. The SMILES string of the molecule is CC(C)c1cnc(CN2CCN(c3ccc4ncnc(N5CCCC5)c4c3)CC2)o1. The zero-order valence-corrected chi connectivity index (χ0v) is 17.9. The predicted octanol–water partition coefficient (Wildman–Crippen LogP) is 3.66. The lowest BCUT2D eigenvalue weighted by molar-refractivity contribution is 0.223. The Morgan fingerprint density at radius 3 is 2.47 bits per heavy atom. The van der Waals surface area contributed by atoms with E-state index in [1.54, 1.807) is 6.33 Å². The summed E-state index contributed by atoms with van der Waals surface area (Å²) in [5.41, 5.74) is 2.29. The average Bonchev–Trinajstić information content (AvgIpc) is 3.46. The molecular formula is C23H30N6O. The molecule has 0 spiro atoms.